The maximum atomic E-state index is 11.0. The molecule has 0 fully saturated rings. The van der Waals surface area contributed by atoms with E-state index in [2.05, 4.69) is 34.2 Å². The van der Waals surface area contributed by atoms with E-state index in [4.69, 9.17) is 5.11 Å². The first-order chi connectivity index (χ1) is 9.08. The summed E-state index contributed by atoms with van der Waals surface area (Å²) >= 11 is 4.71. The number of benzene rings is 1. The SMILES string of the molecule is CC(NCc1ccsc1C(=O)O)c1cccc(Br)c1. The zero-order chi connectivity index (χ0) is 13.8. The Balaban J connectivity index is 2.02. The largest absolute Gasteiger partial charge is 0.477 e. The molecule has 0 aliphatic carbocycles. The topological polar surface area (TPSA) is 49.3 Å². The average molecular weight is 340 g/mol. The van der Waals surface area contributed by atoms with Crippen LogP contribution in [-0.4, -0.2) is 11.1 Å². The second-order valence-corrected chi connectivity index (χ2v) is 6.07. The van der Waals surface area contributed by atoms with Crippen molar-refractivity contribution in [1.29, 1.82) is 0 Å². The van der Waals surface area contributed by atoms with Crippen molar-refractivity contribution >= 4 is 33.2 Å². The molecule has 1 unspecified atom stereocenters. The fraction of sp³-hybridized carbons (Fsp3) is 0.214. The number of nitrogens with one attached hydrogen (secondary N) is 1. The molecular formula is C14H14BrNO2S. The summed E-state index contributed by atoms with van der Waals surface area (Å²) in [5, 5.41) is 14.2. The van der Waals surface area contributed by atoms with E-state index in [1.54, 1.807) is 0 Å². The number of carboxylic acid groups (broad SMARTS) is 1. The Hall–Kier alpha value is -1.17. The van der Waals surface area contributed by atoms with Gasteiger partial charge in [0.2, 0.25) is 0 Å². The van der Waals surface area contributed by atoms with Gasteiger partial charge in [0, 0.05) is 17.1 Å². The molecule has 0 bridgehead atoms. The lowest BCUT2D eigenvalue weighted by Gasteiger charge is -2.14. The Morgan fingerprint density at radius 1 is 1.47 bits per heavy atom. The lowest BCUT2D eigenvalue weighted by atomic mass is 10.1. The fourth-order valence-corrected chi connectivity index (χ4v) is 3.00. The van der Waals surface area contributed by atoms with Crippen molar-refractivity contribution in [2.24, 2.45) is 0 Å². The smallest absolute Gasteiger partial charge is 0.346 e. The first-order valence-electron chi connectivity index (χ1n) is 5.86. The zero-order valence-electron chi connectivity index (χ0n) is 10.4. The number of hydrogen-bond acceptors (Lipinski definition) is 3. The van der Waals surface area contributed by atoms with Gasteiger partial charge in [-0.2, -0.15) is 0 Å². The van der Waals surface area contributed by atoms with Gasteiger partial charge in [0.05, 0.1) is 0 Å². The van der Waals surface area contributed by atoms with Gasteiger partial charge in [-0.3, -0.25) is 0 Å². The van der Waals surface area contributed by atoms with Crippen LogP contribution in [0.1, 0.15) is 33.8 Å². The van der Waals surface area contributed by atoms with Gasteiger partial charge in [0.1, 0.15) is 4.88 Å². The van der Waals surface area contributed by atoms with Gasteiger partial charge in [-0.1, -0.05) is 28.1 Å². The van der Waals surface area contributed by atoms with Crippen LogP contribution in [0.4, 0.5) is 0 Å². The zero-order valence-corrected chi connectivity index (χ0v) is 12.8. The standard InChI is InChI=1S/C14H14BrNO2S/c1-9(10-3-2-4-12(15)7-10)16-8-11-5-6-19-13(11)14(17)18/h2-7,9,16H,8H2,1H3,(H,17,18). The van der Waals surface area contributed by atoms with Crippen LogP contribution in [0.5, 0.6) is 0 Å². The third-order valence-corrected chi connectivity index (χ3v) is 4.33. The summed E-state index contributed by atoms with van der Waals surface area (Å²) < 4.78 is 1.04. The number of halogens is 1. The fourth-order valence-electron chi connectivity index (χ4n) is 1.82. The molecule has 0 radical (unpaired) electrons. The Labute approximate surface area is 124 Å². The van der Waals surface area contributed by atoms with E-state index in [1.165, 1.54) is 16.9 Å². The highest BCUT2D eigenvalue weighted by Crippen LogP contribution is 2.20. The van der Waals surface area contributed by atoms with Crippen molar-refractivity contribution in [2.75, 3.05) is 0 Å². The third kappa shape index (κ3) is 3.65. The Morgan fingerprint density at radius 3 is 2.95 bits per heavy atom. The summed E-state index contributed by atoms with van der Waals surface area (Å²) in [4.78, 5) is 11.4. The maximum absolute atomic E-state index is 11.0. The van der Waals surface area contributed by atoms with Crippen LogP contribution < -0.4 is 5.32 Å². The van der Waals surface area contributed by atoms with Gasteiger partial charge in [0.25, 0.3) is 0 Å². The molecule has 1 heterocycles. The van der Waals surface area contributed by atoms with Gasteiger partial charge in [0.15, 0.2) is 0 Å². The molecule has 1 atom stereocenters. The molecule has 0 aliphatic rings. The van der Waals surface area contributed by atoms with Crippen molar-refractivity contribution < 1.29 is 9.90 Å². The molecule has 3 nitrogen and oxygen atoms in total. The molecule has 0 saturated carbocycles. The number of rotatable bonds is 5. The maximum Gasteiger partial charge on any atom is 0.346 e. The molecule has 0 saturated heterocycles. The molecule has 1 aromatic heterocycles. The third-order valence-electron chi connectivity index (χ3n) is 2.89. The molecule has 5 heteroatoms. The van der Waals surface area contributed by atoms with E-state index >= 15 is 0 Å². The quantitative estimate of drug-likeness (QED) is 0.863. The minimum Gasteiger partial charge on any atom is -0.477 e. The van der Waals surface area contributed by atoms with E-state index in [-0.39, 0.29) is 6.04 Å². The lowest BCUT2D eigenvalue weighted by molar-refractivity contribution is 0.0701. The Morgan fingerprint density at radius 2 is 2.26 bits per heavy atom. The first-order valence-corrected chi connectivity index (χ1v) is 7.53. The van der Waals surface area contributed by atoms with Crippen molar-refractivity contribution in [3.05, 3.63) is 56.2 Å². The van der Waals surface area contributed by atoms with Crippen LogP contribution in [0, 0.1) is 0 Å². The molecule has 2 aromatic rings. The highest BCUT2D eigenvalue weighted by atomic mass is 79.9. The van der Waals surface area contributed by atoms with Crippen LogP contribution in [0.2, 0.25) is 0 Å². The Bertz CT molecular complexity index is 582. The molecule has 0 aliphatic heterocycles. The summed E-state index contributed by atoms with van der Waals surface area (Å²) in [6, 6.07) is 10.1. The van der Waals surface area contributed by atoms with Crippen molar-refractivity contribution in [3.63, 3.8) is 0 Å². The molecule has 0 amide bonds. The van der Waals surface area contributed by atoms with Crippen LogP contribution in [-0.2, 0) is 6.54 Å². The predicted molar refractivity (Wildman–Crippen MR) is 80.7 cm³/mol. The van der Waals surface area contributed by atoms with Gasteiger partial charge in [-0.25, -0.2) is 4.79 Å². The monoisotopic (exact) mass is 339 g/mol. The average Bonchev–Trinajstić information content (AvgIpc) is 2.84. The molecular weight excluding hydrogens is 326 g/mol. The normalized spacial score (nSPS) is 12.3. The van der Waals surface area contributed by atoms with E-state index in [0.717, 1.165) is 10.0 Å². The van der Waals surface area contributed by atoms with E-state index in [1.807, 2.05) is 29.6 Å². The minimum atomic E-state index is -0.859. The number of carbonyl (C=O) groups is 1. The first kappa shape index (κ1) is 14.2. The van der Waals surface area contributed by atoms with Crippen molar-refractivity contribution in [1.82, 2.24) is 5.32 Å². The van der Waals surface area contributed by atoms with Gasteiger partial charge in [-0.15, -0.1) is 11.3 Å². The van der Waals surface area contributed by atoms with Crippen LogP contribution in [0.3, 0.4) is 0 Å². The summed E-state index contributed by atoms with van der Waals surface area (Å²) in [7, 11) is 0. The minimum absolute atomic E-state index is 0.166. The van der Waals surface area contributed by atoms with E-state index in [9.17, 15) is 4.79 Å². The highest BCUT2D eigenvalue weighted by Gasteiger charge is 2.12. The second-order valence-electron chi connectivity index (χ2n) is 4.24. The van der Waals surface area contributed by atoms with Crippen LogP contribution in [0.25, 0.3) is 0 Å². The molecule has 19 heavy (non-hydrogen) atoms. The van der Waals surface area contributed by atoms with Crippen molar-refractivity contribution in [3.8, 4) is 0 Å². The highest BCUT2D eigenvalue weighted by molar-refractivity contribution is 9.10. The summed E-state index contributed by atoms with van der Waals surface area (Å²) in [5.41, 5.74) is 2.00. The number of hydrogen-bond donors (Lipinski definition) is 2. The molecule has 0 spiro atoms. The molecule has 2 rings (SSSR count). The van der Waals surface area contributed by atoms with E-state index in [0.29, 0.717) is 11.4 Å². The number of aromatic carboxylic acids is 1. The van der Waals surface area contributed by atoms with Crippen LogP contribution in [0.15, 0.2) is 40.2 Å². The predicted octanol–water partition coefficient (Wildman–Crippen LogP) is 4.06. The van der Waals surface area contributed by atoms with Crippen molar-refractivity contribution in [2.45, 2.75) is 19.5 Å². The summed E-state index contributed by atoms with van der Waals surface area (Å²) in [6.07, 6.45) is 0. The number of carboxylic acids is 1. The van der Waals surface area contributed by atoms with Gasteiger partial charge < -0.3 is 10.4 Å². The number of thiophene rings is 1. The molecule has 100 valence electrons. The lowest BCUT2D eigenvalue weighted by Crippen LogP contribution is -2.18. The summed E-state index contributed by atoms with van der Waals surface area (Å²) in [6.45, 7) is 2.62. The second kappa shape index (κ2) is 6.32. The Kier molecular flexibility index (Phi) is 4.74. The molecule has 2 N–H and O–H groups in total. The molecule has 1 aromatic carbocycles. The van der Waals surface area contributed by atoms with Gasteiger partial charge >= 0.3 is 5.97 Å². The summed E-state index contributed by atoms with van der Waals surface area (Å²) in [5.74, 6) is -0.859. The van der Waals surface area contributed by atoms with Crippen LogP contribution >= 0.6 is 27.3 Å². The van der Waals surface area contributed by atoms with Gasteiger partial charge in [-0.05, 0) is 41.6 Å². The van der Waals surface area contributed by atoms with E-state index < -0.39 is 5.97 Å².